The Balaban J connectivity index is 1.38. The Kier molecular flexibility index (Phi) is 4.29. The molecule has 0 aromatic carbocycles. The first kappa shape index (κ1) is 15.7. The van der Waals surface area contributed by atoms with Crippen LogP contribution in [0.15, 0.2) is 18.5 Å². The zero-order valence-electron chi connectivity index (χ0n) is 14.4. The lowest BCUT2D eigenvalue weighted by Crippen LogP contribution is -2.53. The average Bonchev–Trinajstić information content (AvgIpc) is 3.17. The Labute approximate surface area is 143 Å². The van der Waals surface area contributed by atoms with E-state index in [0.29, 0.717) is 5.41 Å². The molecule has 1 aromatic rings. The lowest BCUT2D eigenvalue weighted by Gasteiger charge is -2.48. The fourth-order valence-electron chi connectivity index (χ4n) is 4.52. The van der Waals surface area contributed by atoms with Gasteiger partial charge in [0, 0.05) is 51.7 Å². The number of aromatic nitrogens is 2. The van der Waals surface area contributed by atoms with E-state index >= 15 is 0 Å². The minimum atomic E-state index is 0.265. The van der Waals surface area contributed by atoms with Crippen molar-refractivity contribution >= 4 is 12.0 Å². The molecule has 1 spiro atoms. The summed E-state index contributed by atoms with van der Waals surface area (Å²) in [6.45, 7) is 5.77. The van der Waals surface area contributed by atoms with Gasteiger partial charge < -0.3 is 14.7 Å². The summed E-state index contributed by atoms with van der Waals surface area (Å²) in [6, 6.07) is 2.13. The monoisotopic (exact) mass is 329 g/mol. The molecule has 6 heteroatoms. The smallest absolute Gasteiger partial charge is 0.319 e. The van der Waals surface area contributed by atoms with E-state index in [2.05, 4.69) is 19.8 Å². The van der Waals surface area contributed by atoms with Crippen molar-refractivity contribution in [3.8, 4) is 0 Å². The van der Waals surface area contributed by atoms with Crippen molar-refractivity contribution in [2.24, 2.45) is 5.41 Å². The molecule has 0 N–H and O–H groups in total. The molecule has 0 saturated carbocycles. The summed E-state index contributed by atoms with van der Waals surface area (Å²) in [5.74, 6) is 0.854. The van der Waals surface area contributed by atoms with Crippen LogP contribution in [0.5, 0.6) is 0 Å². The third-order valence-electron chi connectivity index (χ3n) is 5.97. The Morgan fingerprint density at radius 2 is 1.54 bits per heavy atom. The van der Waals surface area contributed by atoms with Gasteiger partial charge in [-0.15, -0.1) is 0 Å². The van der Waals surface area contributed by atoms with Gasteiger partial charge in [-0.2, -0.15) is 0 Å². The van der Waals surface area contributed by atoms with Crippen LogP contribution in [0.1, 0.15) is 38.5 Å². The van der Waals surface area contributed by atoms with Crippen molar-refractivity contribution in [2.75, 3.05) is 44.2 Å². The van der Waals surface area contributed by atoms with Gasteiger partial charge in [-0.3, -0.25) is 0 Å². The molecule has 24 heavy (non-hydrogen) atoms. The SMILES string of the molecule is O=C(N1CCCC1)N1CCC2(CCCN(c3ncccn3)C2)CC1. The molecule has 0 unspecified atom stereocenters. The van der Waals surface area contributed by atoms with E-state index in [-0.39, 0.29) is 6.03 Å². The Hall–Kier alpha value is -1.85. The number of piperidine rings is 2. The third kappa shape index (κ3) is 3.06. The molecule has 4 rings (SSSR count). The highest BCUT2D eigenvalue weighted by Crippen LogP contribution is 2.40. The van der Waals surface area contributed by atoms with E-state index in [0.717, 1.165) is 70.9 Å². The Morgan fingerprint density at radius 1 is 0.875 bits per heavy atom. The van der Waals surface area contributed by atoms with Crippen molar-refractivity contribution in [3.63, 3.8) is 0 Å². The van der Waals surface area contributed by atoms with E-state index in [4.69, 9.17) is 0 Å². The predicted octanol–water partition coefficient (Wildman–Crippen LogP) is 2.37. The quantitative estimate of drug-likeness (QED) is 0.794. The number of urea groups is 1. The van der Waals surface area contributed by atoms with Crippen LogP contribution in [-0.4, -0.2) is 65.1 Å². The lowest BCUT2D eigenvalue weighted by molar-refractivity contribution is 0.0878. The van der Waals surface area contributed by atoms with Crippen molar-refractivity contribution in [3.05, 3.63) is 18.5 Å². The van der Waals surface area contributed by atoms with E-state index in [1.807, 2.05) is 23.4 Å². The first-order valence-electron chi connectivity index (χ1n) is 9.32. The molecule has 0 atom stereocenters. The standard InChI is InChI=1S/C18H27N5O/c24-17(21-10-1-2-11-21)22-13-6-18(7-14-22)5-3-12-23(15-18)16-19-8-4-9-20-16/h4,8-9H,1-3,5-7,10-15H2. The number of hydrogen-bond acceptors (Lipinski definition) is 4. The highest BCUT2D eigenvalue weighted by atomic mass is 16.2. The number of hydrogen-bond donors (Lipinski definition) is 0. The highest BCUT2D eigenvalue weighted by Gasteiger charge is 2.40. The van der Waals surface area contributed by atoms with Crippen LogP contribution in [0, 0.1) is 5.41 Å². The average molecular weight is 329 g/mol. The first-order valence-corrected chi connectivity index (χ1v) is 9.32. The molecule has 6 nitrogen and oxygen atoms in total. The van der Waals surface area contributed by atoms with E-state index < -0.39 is 0 Å². The van der Waals surface area contributed by atoms with Gasteiger partial charge in [-0.25, -0.2) is 14.8 Å². The molecule has 3 aliphatic rings. The fraction of sp³-hybridized carbons (Fsp3) is 0.722. The van der Waals surface area contributed by atoms with Gasteiger partial charge in [-0.05, 0) is 50.0 Å². The molecular formula is C18H27N5O. The van der Waals surface area contributed by atoms with Crippen LogP contribution in [0.4, 0.5) is 10.7 Å². The maximum atomic E-state index is 12.6. The fourth-order valence-corrected chi connectivity index (χ4v) is 4.52. The second-order valence-corrected chi connectivity index (χ2v) is 7.54. The van der Waals surface area contributed by atoms with E-state index in [1.54, 1.807) is 0 Å². The lowest BCUT2D eigenvalue weighted by atomic mass is 9.72. The van der Waals surface area contributed by atoms with Gasteiger partial charge in [0.2, 0.25) is 5.95 Å². The molecule has 0 aliphatic carbocycles. The summed E-state index contributed by atoms with van der Waals surface area (Å²) in [7, 11) is 0. The summed E-state index contributed by atoms with van der Waals surface area (Å²) in [5, 5.41) is 0. The molecule has 1 aromatic heterocycles. The summed E-state index contributed by atoms with van der Waals surface area (Å²) >= 11 is 0. The van der Waals surface area contributed by atoms with Crippen molar-refractivity contribution in [1.29, 1.82) is 0 Å². The predicted molar refractivity (Wildman–Crippen MR) is 92.9 cm³/mol. The zero-order chi connectivity index (χ0) is 16.4. The minimum absolute atomic E-state index is 0.265. The molecule has 0 radical (unpaired) electrons. The number of anilines is 1. The van der Waals surface area contributed by atoms with Crippen LogP contribution < -0.4 is 4.90 Å². The van der Waals surface area contributed by atoms with Crippen LogP contribution in [-0.2, 0) is 0 Å². The number of amides is 2. The van der Waals surface area contributed by atoms with Crippen molar-refractivity contribution < 1.29 is 4.79 Å². The third-order valence-corrected chi connectivity index (χ3v) is 5.97. The zero-order valence-corrected chi connectivity index (χ0v) is 14.4. The number of carbonyl (C=O) groups is 1. The second kappa shape index (κ2) is 6.57. The number of nitrogens with zero attached hydrogens (tertiary/aromatic N) is 5. The normalized spacial score (nSPS) is 23.8. The van der Waals surface area contributed by atoms with Crippen molar-refractivity contribution in [2.45, 2.75) is 38.5 Å². The number of rotatable bonds is 1. The Bertz CT molecular complexity index is 564. The van der Waals surface area contributed by atoms with E-state index in [1.165, 1.54) is 12.8 Å². The molecule has 3 saturated heterocycles. The molecule has 3 aliphatic heterocycles. The first-order chi connectivity index (χ1) is 11.8. The molecule has 2 amide bonds. The van der Waals surface area contributed by atoms with Gasteiger partial charge >= 0.3 is 6.03 Å². The van der Waals surface area contributed by atoms with Crippen molar-refractivity contribution in [1.82, 2.24) is 19.8 Å². The van der Waals surface area contributed by atoms with Gasteiger partial charge in [0.1, 0.15) is 0 Å². The topological polar surface area (TPSA) is 52.6 Å². The summed E-state index contributed by atoms with van der Waals surface area (Å²) in [4.78, 5) is 27.9. The van der Waals surface area contributed by atoms with Crippen LogP contribution >= 0.6 is 0 Å². The molecular weight excluding hydrogens is 302 g/mol. The van der Waals surface area contributed by atoms with Gasteiger partial charge in [0.05, 0.1) is 0 Å². The maximum absolute atomic E-state index is 12.6. The van der Waals surface area contributed by atoms with Gasteiger partial charge in [-0.1, -0.05) is 0 Å². The van der Waals surface area contributed by atoms with Crippen LogP contribution in [0.25, 0.3) is 0 Å². The van der Waals surface area contributed by atoms with Gasteiger partial charge in [0.15, 0.2) is 0 Å². The van der Waals surface area contributed by atoms with Crippen LogP contribution in [0.2, 0.25) is 0 Å². The second-order valence-electron chi connectivity index (χ2n) is 7.54. The number of likely N-dealkylation sites (tertiary alicyclic amines) is 2. The minimum Gasteiger partial charge on any atom is -0.340 e. The largest absolute Gasteiger partial charge is 0.340 e. The molecule has 0 bridgehead atoms. The van der Waals surface area contributed by atoms with Gasteiger partial charge in [0.25, 0.3) is 0 Å². The van der Waals surface area contributed by atoms with E-state index in [9.17, 15) is 4.79 Å². The number of carbonyl (C=O) groups excluding carboxylic acids is 1. The highest BCUT2D eigenvalue weighted by molar-refractivity contribution is 5.74. The molecule has 4 heterocycles. The summed E-state index contributed by atoms with van der Waals surface area (Å²) < 4.78 is 0. The van der Waals surface area contributed by atoms with Crippen LogP contribution in [0.3, 0.4) is 0 Å². The molecule has 130 valence electrons. The summed E-state index contributed by atoms with van der Waals surface area (Å²) in [5.41, 5.74) is 0.333. The maximum Gasteiger partial charge on any atom is 0.319 e. The Morgan fingerprint density at radius 3 is 2.25 bits per heavy atom. The summed E-state index contributed by atoms with van der Waals surface area (Å²) in [6.07, 6.45) is 10.6. The molecule has 3 fully saturated rings.